The fourth-order valence-corrected chi connectivity index (χ4v) is 1.85. The number of aromatic amines is 1. The molecule has 1 N–H and O–H groups in total. The van der Waals surface area contributed by atoms with Gasteiger partial charge in [-0.05, 0) is 6.07 Å². The molecular formula is C13H13NO4. The Morgan fingerprint density at radius 3 is 2.78 bits per heavy atom. The third-order valence-corrected chi connectivity index (χ3v) is 2.71. The number of para-hydroxylation sites is 1. The van der Waals surface area contributed by atoms with Crippen LogP contribution in [0.2, 0.25) is 0 Å². The van der Waals surface area contributed by atoms with E-state index in [0.717, 1.165) is 5.56 Å². The van der Waals surface area contributed by atoms with E-state index in [0.29, 0.717) is 17.5 Å². The van der Waals surface area contributed by atoms with Gasteiger partial charge < -0.3 is 14.5 Å². The van der Waals surface area contributed by atoms with Crippen molar-refractivity contribution in [2.45, 2.75) is 6.61 Å². The SMILES string of the molecule is COCc1cccc2c(=O)c(C(=O)OC)c[nH]c12. The summed E-state index contributed by atoms with van der Waals surface area (Å²) in [5.41, 5.74) is 1.20. The summed E-state index contributed by atoms with van der Waals surface area (Å²) in [4.78, 5) is 26.5. The lowest BCUT2D eigenvalue weighted by Crippen LogP contribution is -2.17. The lowest BCUT2D eigenvalue weighted by molar-refractivity contribution is 0.0599. The Morgan fingerprint density at radius 2 is 2.11 bits per heavy atom. The molecule has 0 bridgehead atoms. The number of H-pyrrole nitrogens is 1. The zero-order chi connectivity index (χ0) is 13.1. The van der Waals surface area contributed by atoms with E-state index < -0.39 is 5.97 Å². The number of methoxy groups -OCH3 is 2. The summed E-state index contributed by atoms with van der Waals surface area (Å²) >= 11 is 0. The summed E-state index contributed by atoms with van der Waals surface area (Å²) in [6.45, 7) is 0.394. The third-order valence-electron chi connectivity index (χ3n) is 2.71. The second-order valence-electron chi connectivity index (χ2n) is 3.80. The molecule has 0 saturated carbocycles. The number of aromatic nitrogens is 1. The standard InChI is InChI=1S/C13H13NO4/c1-17-7-8-4-3-5-9-11(8)14-6-10(12(9)15)13(16)18-2/h3-6H,7H2,1-2H3,(H,14,15). The molecule has 0 radical (unpaired) electrons. The van der Waals surface area contributed by atoms with E-state index >= 15 is 0 Å². The zero-order valence-corrected chi connectivity index (χ0v) is 10.1. The average molecular weight is 247 g/mol. The molecular weight excluding hydrogens is 234 g/mol. The number of carbonyl (C=O) groups is 1. The molecule has 2 aromatic rings. The van der Waals surface area contributed by atoms with Crippen LogP contribution in [0.1, 0.15) is 15.9 Å². The van der Waals surface area contributed by atoms with Crippen molar-refractivity contribution < 1.29 is 14.3 Å². The van der Waals surface area contributed by atoms with E-state index in [1.54, 1.807) is 19.2 Å². The molecule has 0 unspecified atom stereocenters. The molecule has 0 amide bonds. The number of pyridine rings is 1. The van der Waals surface area contributed by atoms with Crippen LogP contribution in [0.4, 0.5) is 0 Å². The average Bonchev–Trinajstić information content (AvgIpc) is 2.39. The molecule has 2 rings (SSSR count). The van der Waals surface area contributed by atoms with Gasteiger partial charge in [-0.1, -0.05) is 12.1 Å². The first-order chi connectivity index (χ1) is 8.69. The van der Waals surface area contributed by atoms with E-state index in [-0.39, 0.29) is 11.0 Å². The molecule has 18 heavy (non-hydrogen) atoms. The maximum absolute atomic E-state index is 12.1. The Kier molecular flexibility index (Phi) is 3.43. The number of hydrogen-bond acceptors (Lipinski definition) is 4. The summed E-state index contributed by atoms with van der Waals surface area (Å²) < 4.78 is 9.62. The van der Waals surface area contributed by atoms with Gasteiger partial charge in [-0.3, -0.25) is 4.79 Å². The van der Waals surface area contributed by atoms with Gasteiger partial charge in [0.1, 0.15) is 5.56 Å². The molecule has 1 heterocycles. The van der Waals surface area contributed by atoms with Gasteiger partial charge in [0, 0.05) is 24.3 Å². The highest BCUT2D eigenvalue weighted by atomic mass is 16.5. The van der Waals surface area contributed by atoms with Crippen LogP contribution in [-0.2, 0) is 16.1 Å². The van der Waals surface area contributed by atoms with Crippen LogP contribution in [0.15, 0.2) is 29.2 Å². The number of nitrogens with one attached hydrogen (secondary N) is 1. The van der Waals surface area contributed by atoms with Crippen molar-refractivity contribution in [3.8, 4) is 0 Å². The first-order valence-electron chi connectivity index (χ1n) is 5.39. The van der Waals surface area contributed by atoms with Gasteiger partial charge in [0.2, 0.25) is 5.43 Å². The lowest BCUT2D eigenvalue weighted by atomic mass is 10.1. The summed E-state index contributed by atoms with van der Waals surface area (Å²) in [6, 6.07) is 5.28. The van der Waals surface area contributed by atoms with Gasteiger partial charge >= 0.3 is 5.97 Å². The van der Waals surface area contributed by atoms with Crippen molar-refractivity contribution in [1.82, 2.24) is 4.98 Å². The number of ether oxygens (including phenoxy) is 2. The molecule has 1 aromatic carbocycles. The Labute approximate surface area is 103 Å². The largest absolute Gasteiger partial charge is 0.465 e. The Bertz CT molecular complexity index is 645. The molecule has 5 nitrogen and oxygen atoms in total. The predicted octanol–water partition coefficient (Wildman–Crippen LogP) is 1.46. The number of rotatable bonds is 3. The van der Waals surface area contributed by atoms with Gasteiger partial charge in [-0.25, -0.2) is 4.79 Å². The molecule has 0 fully saturated rings. The van der Waals surface area contributed by atoms with E-state index in [2.05, 4.69) is 9.72 Å². The van der Waals surface area contributed by atoms with Crippen LogP contribution in [0.25, 0.3) is 10.9 Å². The minimum atomic E-state index is -0.643. The number of carbonyl (C=O) groups excluding carboxylic acids is 1. The summed E-state index contributed by atoms with van der Waals surface area (Å²) in [5.74, 6) is -0.643. The molecule has 5 heteroatoms. The molecule has 1 aromatic heterocycles. The van der Waals surface area contributed by atoms with Gasteiger partial charge in [-0.2, -0.15) is 0 Å². The second kappa shape index (κ2) is 5.01. The summed E-state index contributed by atoms with van der Waals surface area (Å²) in [6.07, 6.45) is 1.37. The van der Waals surface area contributed by atoms with Crippen LogP contribution < -0.4 is 5.43 Å². The number of fused-ring (bicyclic) bond motifs is 1. The number of hydrogen-bond donors (Lipinski definition) is 1. The smallest absolute Gasteiger partial charge is 0.343 e. The Hall–Kier alpha value is -2.14. The maximum atomic E-state index is 12.1. The lowest BCUT2D eigenvalue weighted by Gasteiger charge is -2.06. The van der Waals surface area contributed by atoms with Crippen LogP contribution >= 0.6 is 0 Å². The Morgan fingerprint density at radius 1 is 1.33 bits per heavy atom. The topological polar surface area (TPSA) is 68.4 Å². The molecule has 0 aliphatic carbocycles. The highest BCUT2D eigenvalue weighted by Gasteiger charge is 2.14. The maximum Gasteiger partial charge on any atom is 0.343 e. The first-order valence-corrected chi connectivity index (χ1v) is 5.39. The fraction of sp³-hybridized carbons (Fsp3) is 0.231. The van der Waals surface area contributed by atoms with Crippen molar-refractivity contribution in [1.29, 1.82) is 0 Å². The summed E-state index contributed by atoms with van der Waals surface area (Å²) in [5, 5.41) is 0.451. The van der Waals surface area contributed by atoms with Crippen LogP contribution in [0.5, 0.6) is 0 Å². The monoisotopic (exact) mass is 247 g/mol. The molecule has 0 aliphatic heterocycles. The minimum Gasteiger partial charge on any atom is -0.465 e. The van der Waals surface area contributed by atoms with Crippen molar-refractivity contribution >= 4 is 16.9 Å². The molecule has 0 saturated heterocycles. The third kappa shape index (κ3) is 2.00. The van der Waals surface area contributed by atoms with Crippen molar-refractivity contribution in [2.75, 3.05) is 14.2 Å². The molecule has 0 atom stereocenters. The highest BCUT2D eigenvalue weighted by molar-refractivity contribution is 5.94. The Balaban J connectivity index is 2.69. The van der Waals surface area contributed by atoms with Gasteiger partial charge in [0.05, 0.1) is 19.2 Å². The van der Waals surface area contributed by atoms with Gasteiger partial charge in [0.25, 0.3) is 0 Å². The van der Waals surface area contributed by atoms with Crippen LogP contribution in [0, 0.1) is 0 Å². The molecule has 94 valence electrons. The zero-order valence-electron chi connectivity index (χ0n) is 10.1. The van der Waals surface area contributed by atoms with Crippen LogP contribution in [0.3, 0.4) is 0 Å². The van der Waals surface area contributed by atoms with Crippen LogP contribution in [-0.4, -0.2) is 25.2 Å². The second-order valence-corrected chi connectivity index (χ2v) is 3.80. The quantitative estimate of drug-likeness (QED) is 0.834. The van der Waals surface area contributed by atoms with E-state index in [9.17, 15) is 9.59 Å². The molecule has 0 aliphatic rings. The predicted molar refractivity (Wildman–Crippen MR) is 66.6 cm³/mol. The van der Waals surface area contributed by atoms with Crippen molar-refractivity contribution in [3.05, 3.63) is 45.7 Å². The van der Waals surface area contributed by atoms with Gasteiger partial charge in [-0.15, -0.1) is 0 Å². The van der Waals surface area contributed by atoms with E-state index in [4.69, 9.17) is 4.74 Å². The molecule has 0 spiro atoms. The first kappa shape index (κ1) is 12.3. The van der Waals surface area contributed by atoms with Crippen molar-refractivity contribution in [2.24, 2.45) is 0 Å². The van der Waals surface area contributed by atoms with E-state index in [1.165, 1.54) is 13.3 Å². The van der Waals surface area contributed by atoms with Gasteiger partial charge in [0.15, 0.2) is 0 Å². The summed E-state index contributed by atoms with van der Waals surface area (Å²) in [7, 11) is 2.83. The normalized spacial score (nSPS) is 10.6. The number of benzene rings is 1. The van der Waals surface area contributed by atoms with Crippen molar-refractivity contribution in [3.63, 3.8) is 0 Å². The number of esters is 1. The van der Waals surface area contributed by atoms with E-state index in [1.807, 2.05) is 6.07 Å². The highest BCUT2D eigenvalue weighted by Crippen LogP contribution is 2.15. The fourth-order valence-electron chi connectivity index (χ4n) is 1.85. The minimum absolute atomic E-state index is 0.000401.